The van der Waals surface area contributed by atoms with Gasteiger partial charge in [0, 0.05) is 24.3 Å². The number of aromatic carboxylic acids is 1. The lowest BCUT2D eigenvalue weighted by Crippen LogP contribution is -2.30. The molecule has 4 aromatic carbocycles. The summed E-state index contributed by atoms with van der Waals surface area (Å²) in [5.41, 5.74) is 6.55. The predicted molar refractivity (Wildman–Crippen MR) is 147 cm³/mol. The van der Waals surface area contributed by atoms with Crippen LogP contribution in [0.5, 0.6) is 0 Å². The third-order valence-corrected chi connectivity index (χ3v) is 7.05. The highest BCUT2D eigenvalue weighted by molar-refractivity contribution is 5.96. The summed E-state index contributed by atoms with van der Waals surface area (Å²) in [4.78, 5) is 26.8. The number of aryl methyl sites for hydroxylation is 1. The fourth-order valence-corrected chi connectivity index (χ4v) is 5.05. The molecule has 0 bridgehead atoms. The fourth-order valence-electron chi connectivity index (χ4n) is 5.05. The van der Waals surface area contributed by atoms with Gasteiger partial charge in [0.2, 0.25) is 0 Å². The van der Waals surface area contributed by atoms with Crippen LogP contribution in [-0.2, 0) is 13.0 Å². The quantitative estimate of drug-likeness (QED) is 0.294. The van der Waals surface area contributed by atoms with Gasteiger partial charge in [-0.2, -0.15) is 0 Å². The Balaban J connectivity index is 1.29. The van der Waals surface area contributed by atoms with Gasteiger partial charge in [0.05, 0.1) is 11.6 Å². The molecule has 1 atom stereocenters. The van der Waals surface area contributed by atoms with Crippen LogP contribution in [0.25, 0.3) is 11.1 Å². The van der Waals surface area contributed by atoms with Gasteiger partial charge in [-0.05, 0) is 84.0 Å². The molecule has 5 rings (SSSR count). The van der Waals surface area contributed by atoms with Crippen LogP contribution < -0.4 is 10.2 Å². The number of carboxylic acid groups (broad SMARTS) is 1. The van der Waals surface area contributed by atoms with Gasteiger partial charge < -0.3 is 15.3 Å². The second kappa shape index (κ2) is 10.9. The van der Waals surface area contributed by atoms with E-state index < -0.39 is 5.97 Å². The van der Waals surface area contributed by atoms with Crippen molar-refractivity contribution in [1.82, 2.24) is 5.32 Å². The molecule has 2 N–H and O–H groups in total. The van der Waals surface area contributed by atoms with Crippen LogP contribution in [0.4, 0.5) is 10.1 Å². The smallest absolute Gasteiger partial charge is 0.336 e. The number of anilines is 1. The first-order valence-corrected chi connectivity index (χ1v) is 12.7. The summed E-state index contributed by atoms with van der Waals surface area (Å²) in [5, 5.41) is 12.5. The Labute approximate surface area is 221 Å². The average Bonchev–Trinajstić information content (AvgIpc) is 2.93. The van der Waals surface area contributed by atoms with Crippen LogP contribution in [0, 0.1) is 5.82 Å². The van der Waals surface area contributed by atoms with Crippen molar-refractivity contribution in [3.05, 3.63) is 125 Å². The molecular formula is C32H29FN2O3. The molecule has 1 aliphatic heterocycles. The van der Waals surface area contributed by atoms with E-state index in [4.69, 9.17) is 0 Å². The van der Waals surface area contributed by atoms with E-state index >= 15 is 0 Å². The number of halogens is 1. The summed E-state index contributed by atoms with van der Waals surface area (Å²) in [7, 11) is 0. The number of fused-ring (bicyclic) bond motifs is 1. The van der Waals surface area contributed by atoms with E-state index in [0.29, 0.717) is 11.1 Å². The van der Waals surface area contributed by atoms with Gasteiger partial charge >= 0.3 is 5.97 Å². The van der Waals surface area contributed by atoms with E-state index in [1.54, 1.807) is 24.3 Å². The van der Waals surface area contributed by atoms with E-state index in [1.165, 1.54) is 12.1 Å². The van der Waals surface area contributed by atoms with Crippen molar-refractivity contribution in [3.63, 3.8) is 0 Å². The molecule has 6 heteroatoms. The van der Waals surface area contributed by atoms with Crippen LogP contribution in [0.3, 0.4) is 0 Å². The summed E-state index contributed by atoms with van der Waals surface area (Å²) in [6, 6.07) is 26.8. The maximum Gasteiger partial charge on any atom is 0.336 e. The maximum atomic E-state index is 13.6. The lowest BCUT2D eigenvalue weighted by molar-refractivity contribution is 0.0697. The van der Waals surface area contributed by atoms with Crippen LogP contribution in [0.2, 0.25) is 0 Å². The Morgan fingerprint density at radius 3 is 2.53 bits per heavy atom. The molecule has 5 nitrogen and oxygen atoms in total. The van der Waals surface area contributed by atoms with Crippen LogP contribution in [-0.4, -0.2) is 23.5 Å². The molecule has 4 aromatic rings. The van der Waals surface area contributed by atoms with Crippen molar-refractivity contribution in [2.45, 2.75) is 32.4 Å². The van der Waals surface area contributed by atoms with Gasteiger partial charge in [-0.3, -0.25) is 4.79 Å². The van der Waals surface area contributed by atoms with Crippen molar-refractivity contribution in [2.75, 3.05) is 11.4 Å². The number of carbonyl (C=O) groups is 2. The molecule has 192 valence electrons. The molecule has 0 spiro atoms. The maximum absolute atomic E-state index is 13.6. The number of hydrogen-bond donors (Lipinski definition) is 2. The standard InChI is InChI=1S/C32H29FN2O3/c1-21(24-6-4-8-27(33)19-24)34-31(36)26-15-16-30-25(18-26)7-5-17-35(30)20-22-11-13-23(14-12-22)28-9-2-3-10-29(28)32(37)38/h2-4,6,8-16,18-19,21H,5,7,17,20H2,1H3,(H,34,36)(H,37,38)/t21-/m0/s1. The van der Waals surface area contributed by atoms with E-state index in [1.807, 2.05) is 61.5 Å². The van der Waals surface area contributed by atoms with Crippen LogP contribution in [0.1, 0.15) is 56.8 Å². The molecular weight excluding hydrogens is 479 g/mol. The predicted octanol–water partition coefficient (Wildman–Crippen LogP) is 6.63. The highest BCUT2D eigenvalue weighted by Crippen LogP contribution is 2.31. The molecule has 0 saturated heterocycles. The summed E-state index contributed by atoms with van der Waals surface area (Å²) in [5.74, 6) is -1.44. The van der Waals surface area contributed by atoms with E-state index in [2.05, 4.69) is 10.2 Å². The molecule has 0 radical (unpaired) electrons. The number of hydrogen-bond acceptors (Lipinski definition) is 3. The summed E-state index contributed by atoms with van der Waals surface area (Å²) in [6.07, 6.45) is 1.89. The number of nitrogens with one attached hydrogen (secondary N) is 1. The van der Waals surface area contributed by atoms with Gasteiger partial charge in [0.1, 0.15) is 5.82 Å². The lowest BCUT2D eigenvalue weighted by Gasteiger charge is -2.32. The Morgan fingerprint density at radius 2 is 1.76 bits per heavy atom. The van der Waals surface area contributed by atoms with E-state index in [-0.39, 0.29) is 23.3 Å². The third-order valence-electron chi connectivity index (χ3n) is 7.05. The molecule has 1 aliphatic rings. The van der Waals surface area contributed by atoms with Gasteiger partial charge in [0.15, 0.2) is 0 Å². The second-order valence-electron chi connectivity index (χ2n) is 9.67. The first kappa shape index (κ1) is 25.2. The minimum Gasteiger partial charge on any atom is -0.478 e. The average molecular weight is 509 g/mol. The lowest BCUT2D eigenvalue weighted by atomic mass is 9.97. The summed E-state index contributed by atoms with van der Waals surface area (Å²) < 4.78 is 13.6. The number of nitrogens with zero attached hydrogens (tertiary/aromatic N) is 1. The topological polar surface area (TPSA) is 69.6 Å². The number of amides is 1. The third kappa shape index (κ3) is 5.44. The highest BCUT2D eigenvalue weighted by Gasteiger charge is 2.20. The molecule has 38 heavy (non-hydrogen) atoms. The first-order valence-electron chi connectivity index (χ1n) is 12.7. The van der Waals surface area contributed by atoms with Gasteiger partial charge in [-0.25, -0.2) is 9.18 Å². The van der Waals surface area contributed by atoms with Crippen molar-refractivity contribution >= 4 is 17.6 Å². The summed E-state index contributed by atoms with van der Waals surface area (Å²) >= 11 is 0. The molecule has 0 fully saturated rings. The van der Waals surface area contributed by atoms with Gasteiger partial charge in [0.25, 0.3) is 5.91 Å². The zero-order valence-electron chi connectivity index (χ0n) is 21.2. The van der Waals surface area contributed by atoms with Crippen molar-refractivity contribution in [2.24, 2.45) is 0 Å². The molecule has 1 heterocycles. The fraction of sp³-hybridized carbons (Fsp3) is 0.188. The number of rotatable bonds is 7. The monoisotopic (exact) mass is 508 g/mol. The van der Waals surface area contributed by atoms with Gasteiger partial charge in [-0.15, -0.1) is 0 Å². The number of benzene rings is 4. The van der Waals surface area contributed by atoms with Crippen molar-refractivity contribution in [3.8, 4) is 11.1 Å². The summed E-state index contributed by atoms with van der Waals surface area (Å²) in [6.45, 7) is 3.48. The zero-order chi connectivity index (χ0) is 26.6. The Hall–Kier alpha value is -4.45. The number of carboxylic acids is 1. The number of carbonyl (C=O) groups excluding carboxylic acids is 1. The van der Waals surface area contributed by atoms with Crippen LogP contribution >= 0.6 is 0 Å². The van der Waals surface area contributed by atoms with E-state index in [0.717, 1.165) is 53.9 Å². The van der Waals surface area contributed by atoms with Gasteiger partial charge in [-0.1, -0.05) is 54.6 Å². The van der Waals surface area contributed by atoms with E-state index in [9.17, 15) is 19.1 Å². The zero-order valence-corrected chi connectivity index (χ0v) is 21.2. The molecule has 0 aliphatic carbocycles. The largest absolute Gasteiger partial charge is 0.478 e. The first-order chi connectivity index (χ1) is 18.4. The van der Waals surface area contributed by atoms with Crippen molar-refractivity contribution in [1.29, 1.82) is 0 Å². The second-order valence-corrected chi connectivity index (χ2v) is 9.67. The SMILES string of the molecule is C[C@H](NC(=O)c1ccc2c(c1)CCCN2Cc1ccc(-c2ccccc2C(=O)O)cc1)c1cccc(F)c1. The van der Waals surface area contributed by atoms with Crippen LogP contribution in [0.15, 0.2) is 91.0 Å². The normalized spacial score (nSPS) is 13.5. The molecule has 1 amide bonds. The molecule has 0 aromatic heterocycles. The minimum absolute atomic E-state index is 0.182. The molecule has 0 unspecified atom stereocenters. The Kier molecular flexibility index (Phi) is 7.22. The highest BCUT2D eigenvalue weighted by atomic mass is 19.1. The van der Waals surface area contributed by atoms with Crippen molar-refractivity contribution < 1.29 is 19.1 Å². The Morgan fingerprint density at radius 1 is 0.974 bits per heavy atom. The Bertz CT molecular complexity index is 1480. The minimum atomic E-state index is -0.939. The molecule has 0 saturated carbocycles.